The topological polar surface area (TPSA) is 47.5 Å². The predicted molar refractivity (Wildman–Crippen MR) is 86.0 cm³/mol. The molecular weight excluding hydrogens is 286 g/mol. The molecular formula is C15H27N3O2S. The molecule has 1 fully saturated rings. The zero-order valence-corrected chi connectivity index (χ0v) is 14.4. The second-order valence-corrected chi connectivity index (χ2v) is 7.59. The highest BCUT2D eigenvalue weighted by molar-refractivity contribution is 6.99. The molecule has 1 aliphatic heterocycles. The van der Waals surface area contributed by atoms with Crippen LogP contribution in [-0.2, 0) is 4.74 Å². The van der Waals surface area contributed by atoms with Crippen LogP contribution in [0.15, 0.2) is 0 Å². The number of hydrogen-bond acceptors (Lipinski definition) is 6. The second kappa shape index (κ2) is 7.40. The summed E-state index contributed by atoms with van der Waals surface area (Å²) in [6.45, 7) is 12.1. The van der Waals surface area contributed by atoms with Gasteiger partial charge in [0.2, 0.25) is 5.82 Å². The van der Waals surface area contributed by atoms with Crippen molar-refractivity contribution >= 4 is 17.5 Å². The second-order valence-electron chi connectivity index (χ2n) is 7.06. The molecule has 0 amide bonds. The molecule has 0 bridgehead atoms. The Kier molecular flexibility index (Phi) is 5.81. The minimum Gasteiger partial charge on any atom is -0.474 e. The molecule has 0 saturated carbocycles. The molecule has 6 heteroatoms. The van der Waals surface area contributed by atoms with Crippen molar-refractivity contribution in [3.8, 4) is 5.88 Å². The van der Waals surface area contributed by atoms with E-state index in [2.05, 4.69) is 41.3 Å². The molecule has 0 aromatic carbocycles. The summed E-state index contributed by atoms with van der Waals surface area (Å²) >= 11 is 1.21. The molecule has 1 saturated heterocycles. The third-order valence-electron chi connectivity index (χ3n) is 3.60. The Hall–Kier alpha value is -0.880. The van der Waals surface area contributed by atoms with Crippen molar-refractivity contribution in [2.75, 3.05) is 31.4 Å². The van der Waals surface area contributed by atoms with E-state index in [1.54, 1.807) is 0 Å². The van der Waals surface area contributed by atoms with Crippen molar-refractivity contribution in [2.45, 2.75) is 47.0 Å². The van der Waals surface area contributed by atoms with Crippen LogP contribution in [0.1, 0.15) is 47.0 Å². The average molecular weight is 313 g/mol. The highest BCUT2D eigenvalue weighted by Gasteiger charge is 2.20. The summed E-state index contributed by atoms with van der Waals surface area (Å²) in [6.07, 6.45) is 3.40. The maximum absolute atomic E-state index is 5.90. The molecule has 0 N–H and O–H groups in total. The Morgan fingerprint density at radius 1 is 1.38 bits per heavy atom. The van der Waals surface area contributed by atoms with E-state index in [1.165, 1.54) is 24.6 Å². The number of hydrogen-bond donors (Lipinski definition) is 0. The Bertz CT molecular complexity index is 425. The fourth-order valence-corrected chi connectivity index (χ4v) is 2.73. The fourth-order valence-electron chi connectivity index (χ4n) is 2.21. The average Bonchev–Trinajstić information content (AvgIpc) is 2.91. The van der Waals surface area contributed by atoms with Crippen LogP contribution in [0.25, 0.3) is 0 Å². The molecule has 1 aromatic rings. The van der Waals surface area contributed by atoms with E-state index in [0.29, 0.717) is 30.6 Å². The minimum absolute atomic E-state index is 0.382. The Morgan fingerprint density at radius 2 is 2.19 bits per heavy atom. The lowest BCUT2D eigenvalue weighted by atomic mass is 9.87. The van der Waals surface area contributed by atoms with Crippen LogP contribution in [-0.4, -0.2) is 35.2 Å². The van der Waals surface area contributed by atoms with Crippen molar-refractivity contribution in [2.24, 2.45) is 11.3 Å². The van der Waals surface area contributed by atoms with Gasteiger partial charge in [-0.3, -0.25) is 0 Å². The number of rotatable bonds is 6. The summed E-state index contributed by atoms with van der Waals surface area (Å²) in [7, 11) is 0. The smallest absolute Gasteiger partial charge is 0.270 e. The number of anilines is 1. The van der Waals surface area contributed by atoms with Crippen molar-refractivity contribution in [1.29, 1.82) is 0 Å². The molecule has 0 aliphatic carbocycles. The summed E-state index contributed by atoms with van der Waals surface area (Å²) in [6, 6.07) is 0. The predicted octanol–water partition coefficient (Wildman–Crippen LogP) is 3.56. The molecule has 0 radical (unpaired) electrons. The van der Waals surface area contributed by atoms with Gasteiger partial charge in [-0.1, -0.05) is 27.7 Å². The molecule has 2 rings (SSSR count). The van der Waals surface area contributed by atoms with E-state index < -0.39 is 0 Å². The number of ether oxygens (including phenoxy) is 2. The van der Waals surface area contributed by atoms with Gasteiger partial charge in [0, 0.05) is 6.54 Å². The van der Waals surface area contributed by atoms with Crippen LogP contribution in [0.3, 0.4) is 0 Å². The third kappa shape index (κ3) is 5.43. The molecule has 120 valence electrons. The van der Waals surface area contributed by atoms with E-state index in [0.717, 1.165) is 25.4 Å². The molecule has 1 atom stereocenters. The van der Waals surface area contributed by atoms with Crippen molar-refractivity contribution in [1.82, 2.24) is 8.75 Å². The first-order valence-electron chi connectivity index (χ1n) is 7.74. The monoisotopic (exact) mass is 313 g/mol. The zero-order chi connectivity index (χ0) is 15.3. The minimum atomic E-state index is 0.382. The molecule has 5 nitrogen and oxygen atoms in total. The molecule has 2 heterocycles. The van der Waals surface area contributed by atoms with Crippen LogP contribution in [0.4, 0.5) is 5.82 Å². The lowest BCUT2D eigenvalue weighted by Gasteiger charge is -2.27. The molecule has 0 spiro atoms. The van der Waals surface area contributed by atoms with E-state index in [-0.39, 0.29) is 0 Å². The maximum atomic E-state index is 5.90. The van der Waals surface area contributed by atoms with Gasteiger partial charge >= 0.3 is 0 Å². The number of aromatic nitrogens is 2. The molecule has 1 aromatic heterocycles. The van der Waals surface area contributed by atoms with Crippen molar-refractivity contribution in [3.63, 3.8) is 0 Å². The molecule has 1 aliphatic rings. The summed E-state index contributed by atoms with van der Waals surface area (Å²) in [5, 5.41) is 0. The quantitative estimate of drug-likeness (QED) is 0.803. The summed E-state index contributed by atoms with van der Waals surface area (Å²) in [4.78, 5) is 2.10. The largest absolute Gasteiger partial charge is 0.474 e. The van der Waals surface area contributed by atoms with Gasteiger partial charge in [0.05, 0.1) is 24.9 Å². The van der Waals surface area contributed by atoms with Crippen molar-refractivity contribution in [3.05, 3.63) is 0 Å². The van der Waals surface area contributed by atoms with Gasteiger partial charge in [0.1, 0.15) is 6.73 Å². The Labute approximate surface area is 132 Å². The van der Waals surface area contributed by atoms with Gasteiger partial charge in [-0.15, -0.1) is 4.37 Å². The Morgan fingerprint density at radius 3 is 2.86 bits per heavy atom. The molecule has 0 unspecified atom stereocenters. The third-order valence-corrected chi connectivity index (χ3v) is 4.10. The summed E-state index contributed by atoms with van der Waals surface area (Å²) < 4.78 is 20.0. The van der Waals surface area contributed by atoms with Crippen LogP contribution < -0.4 is 9.64 Å². The van der Waals surface area contributed by atoms with Gasteiger partial charge in [-0.2, -0.15) is 4.37 Å². The number of nitrogens with zero attached hydrogens (tertiary/aromatic N) is 3. The first-order chi connectivity index (χ1) is 9.96. The fraction of sp³-hybridized carbons (Fsp3) is 0.867. The lowest BCUT2D eigenvalue weighted by Crippen LogP contribution is -2.33. The summed E-state index contributed by atoms with van der Waals surface area (Å²) in [5.74, 6) is 2.02. The van der Waals surface area contributed by atoms with E-state index in [9.17, 15) is 0 Å². The normalized spacial score (nSPS) is 17.8. The molecule has 21 heavy (non-hydrogen) atoms. The Balaban J connectivity index is 1.82. The lowest BCUT2D eigenvalue weighted by molar-refractivity contribution is 0.106. The highest BCUT2D eigenvalue weighted by atomic mass is 32.1. The SMILES string of the molecule is C[C@H](CCC(C)(C)C)COc1nsnc1N1CCCOC1. The van der Waals surface area contributed by atoms with Crippen molar-refractivity contribution < 1.29 is 9.47 Å². The van der Waals surface area contributed by atoms with Gasteiger partial charge < -0.3 is 14.4 Å². The van der Waals surface area contributed by atoms with Crippen LogP contribution in [0, 0.1) is 11.3 Å². The first kappa shape index (κ1) is 16.5. The van der Waals surface area contributed by atoms with Gasteiger partial charge in [-0.25, -0.2) is 0 Å². The highest BCUT2D eigenvalue weighted by Crippen LogP contribution is 2.28. The van der Waals surface area contributed by atoms with Crippen LogP contribution >= 0.6 is 11.7 Å². The standard InChI is InChI=1S/C15H27N3O2S/c1-12(6-7-15(2,3)4)10-20-14-13(16-21-17-14)18-8-5-9-19-11-18/h12H,5-11H2,1-4H3/t12-/m1/s1. The van der Waals surface area contributed by atoms with E-state index >= 15 is 0 Å². The summed E-state index contributed by atoms with van der Waals surface area (Å²) in [5.41, 5.74) is 0.382. The zero-order valence-electron chi connectivity index (χ0n) is 13.6. The first-order valence-corrected chi connectivity index (χ1v) is 8.47. The van der Waals surface area contributed by atoms with Crippen LogP contribution in [0.2, 0.25) is 0 Å². The van der Waals surface area contributed by atoms with Gasteiger partial charge in [0.25, 0.3) is 5.88 Å². The van der Waals surface area contributed by atoms with Crippen LogP contribution in [0.5, 0.6) is 5.88 Å². The van der Waals surface area contributed by atoms with Gasteiger partial charge in [-0.05, 0) is 30.6 Å². The maximum Gasteiger partial charge on any atom is 0.270 e. The van der Waals surface area contributed by atoms with E-state index in [4.69, 9.17) is 9.47 Å². The van der Waals surface area contributed by atoms with Gasteiger partial charge in [0.15, 0.2) is 0 Å². The van der Waals surface area contributed by atoms with E-state index in [1.807, 2.05) is 0 Å².